The Labute approximate surface area is 100 Å². The van der Waals surface area contributed by atoms with Crippen molar-refractivity contribution >= 4 is 43.2 Å². The molecular formula is C10H12Br2S. The predicted octanol–water partition coefficient (Wildman–Crippen LogP) is 4.64. The van der Waals surface area contributed by atoms with E-state index in [1.165, 1.54) is 9.35 Å². The number of allylic oxidation sites excluding steroid dienone is 1. The molecule has 0 aliphatic carbocycles. The first kappa shape index (κ1) is 11.5. The van der Waals surface area contributed by atoms with E-state index >= 15 is 0 Å². The molecule has 0 radical (unpaired) electrons. The van der Waals surface area contributed by atoms with Gasteiger partial charge in [0.15, 0.2) is 0 Å². The molecule has 1 aromatic heterocycles. The standard InChI is InChI=1S/C10H12Br2S/c1-3-10(2,7-11)6-9-8(12)4-5-13-9/h3-5H,1,6-7H2,2H3. The summed E-state index contributed by atoms with van der Waals surface area (Å²) in [6, 6.07) is 2.09. The van der Waals surface area contributed by atoms with Crippen LogP contribution in [0.5, 0.6) is 0 Å². The van der Waals surface area contributed by atoms with E-state index in [9.17, 15) is 0 Å². The van der Waals surface area contributed by atoms with Crippen LogP contribution < -0.4 is 0 Å². The van der Waals surface area contributed by atoms with Crippen molar-refractivity contribution in [2.24, 2.45) is 5.41 Å². The molecule has 0 aliphatic rings. The zero-order valence-corrected chi connectivity index (χ0v) is 11.5. The first-order chi connectivity index (χ1) is 6.11. The Bertz CT molecular complexity index is 293. The van der Waals surface area contributed by atoms with Gasteiger partial charge in [0.1, 0.15) is 0 Å². The van der Waals surface area contributed by atoms with E-state index in [4.69, 9.17) is 0 Å². The van der Waals surface area contributed by atoms with Gasteiger partial charge in [-0.1, -0.05) is 28.9 Å². The van der Waals surface area contributed by atoms with E-state index < -0.39 is 0 Å². The Morgan fingerprint density at radius 1 is 1.69 bits per heavy atom. The number of hydrogen-bond donors (Lipinski definition) is 0. The summed E-state index contributed by atoms with van der Waals surface area (Å²) in [7, 11) is 0. The van der Waals surface area contributed by atoms with Crippen LogP contribution in [-0.4, -0.2) is 5.33 Å². The quantitative estimate of drug-likeness (QED) is 0.559. The maximum Gasteiger partial charge on any atom is 0.0314 e. The van der Waals surface area contributed by atoms with Crippen molar-refractivity contribution in [1.82, 2.24) is 0 Å². The highest BCUT2D eigenvalue weighted by Gasteiger charge is 2.20. The van der Waals surface area contributed by atoms with Crippen molar-refractivity contribution in [2.75, 3.05) is 5.33 Å². The van der Waals surface area contributed by atoms with E-state index in [0.29, 0.717) is 0 Å². The molecule has 1 aromatic rings. The lowest BCUT2D eigenvalue weighted by Gasteiger charge is -2.22. The molecule has 1 heterocycles. The Kier molecular flexibility index (Phi) is 4.20. The molecule has 1 atom stereocenters. The molecule has 0 saturated carbocycles. The lowest BCUT2D eigenvalue weighted by Crippen LogP contribution is -2.17. The molecule has 0 fully saturated rings. The minimum Gasteiger partial charge on any atom is -0.148 e. The van der Waals surface area contributed by atoms with Crippen molar-refractivity contribution in [3.63, 3.8) is 0 Å². The molecule has 0 aromatic carbocycles. The Hall–Kier alpha value is 0.400. The smallest absolute Gasteiger partial charge is 0.0314 e. The van der Waals surface area contributed by atoms with Crippen molar-refractivity contribution in [2.45, 2.75) is 13.3 Å². The van der Waals surface area contributed by atoms with Crippen LogP contribution in [0.1, 0.15) is 11.8 Å². The fraction of sp³-hybridized carbons (Fsp3) is 0.400. The molecule has 3 heteroatoms. The van der Waals surface area contributed by atoms with Gasteiger partial charge >= 0.3 is 0 Å². The highest BCUT2D eigenvalue weighted by molar-refractivity contribution is 9.10. The summed E-state index contributed by atoms with van der Waals surface area (Å²) in [6.07, 6.45) is 3.06. The number of halogens is 2. The maximum atomic E-state index is 3.87. The highest BCUT2D eigenvalue weighted by Crippen LogP contribution is 2.32. The second-order valence-corrected chi connectivity index (χ2v) is 5.78. The predicted molar refractivity (Wildman–Crippen MR) is 67.8 cm³/mol. The molecule has 0 aliphatic heterocycles. The molecule has 1 unspecified atom stereocenters. The Morgan fingerprint density at radius 2 is 2.38 bits per heavy atom. The minimum absolute atomic E-state index is 0.160. The fourth-order valence-corrected chi connectivity index (χ4v) is 3.11. The fourth-order valence-electron chi connectivity index (χ4n) is 0.992. The lowest BCUT2D eigenvalue weighted by molar-refractivity contribution is 0.497. The summed E-state index contributed by atoms with van der Waals surface area (Å²) < 4.78 is 1.21. The molecular weight excluding hydrogens is 312 g/mol. The number of hydrogen-bond acceptors (Lipinski definition) is 1. The van der Waals surface area contributed by atoms with Gasteiger partial charge in [0, 0.05) is 14.7 Å². The van der Waals surface area contributed by atoms with Crippen molar-refractivity contribution in [1.29, 1.82) is 0 Å². The maximum absolute atomic E-state index is 3.87. The van der Waals surface area contributed by atoms with E-state index in [-0.39, 0.29) is 5.41 Å². The van der Waals surface area contributed by atoms with Crippen LogP contribution >= 0.6 is 43.2 Å². The summed E-state index contributed by atoms with van der Waals surface area (Å²) in [5.41, 5.74) is 0.160. The van der Waals surface area contributed by atoms with Gasteiger partial charge in [-0.05, 0) is 39.2 Å². The van der Waals surface area contributed by atoms with Gasteiger partial charge in [0.25, 0.3) is 0 Å². The third-order valence-corrected chi connectivity index (χ3v) is 5.26. The molecule has 1 rings (SSSR count). The lowest BCUT2D eigenvalue weighted by atomic mass is 9.89. The third kappa shape index (κ3) is 2.93. The van der Waals surface area contributed by atoms with Gasteiger partial charge in [0.2, 0.25) is 0 Å². The van der Waals surface area contributed by atoms with Crippen LogP contribution in [0.15, 0.2) is 28.6 Å². The van der Waals surface area contributed by atoms with E-state index in [2.05, 4.69) is 56.8 Å². The van der Waals surface area contributed by atoms with Gasteiger partial charge in [-0.3, -0.25) is 0 Å². The van der Waals surface area contributed by atoms with Crippen molar-refractivity contribution in [3.8, 4) is 0 Å². The van der Waals surface area contributed by atoms with Gasteiger partial charge in [-0.25, -0.2) is 0 Å². The second-order valence-electron chi connectivity index (χ2n) is 3.36. The summed E-state index contributed by atoms with van der Waals surface area (Å²) in [5, 5.41) is 3.06. The van der Waals surface area contributed by atoms with Crippen molar-refractivity contribution < 1.29 is 0 Å². The number of rotatable bonds is 4. The number of thiophene rings is 1. The molecule has 13 heavy (non-hydrogen) atoms. The van der Waals surface area contributed by atoms with Crippen LogP contribution in [0.3, 0.4) is 0 Å². The first-order valence-corrected chi connectivity index (χ1v) is 6.82. The van der Waals surface area contributed by atoms with Crippen molar-refractivity contribution in [3.05, 3.63) is 33.5 Å². The van der Waals surface area contributed by atoms with E-state index in [0.717, 1.165) is 11.8 Å². The largest absolute Gasteiger partial charge is 0.148 e. The number of alkyl halides is 1. The first-order valence-electron chi connectivity index (χ1n) is 4.03. The molecule has 72 valence electrons. The van der Waals surface area contributed by atoms with Gasteiger partial charge in [0.05, 0.1) is 0 Å². The monoisotopic (exact) mass is 322 g/mol. The third-order valence-electron chi connectivity index (χ3n) is 2.05. The highest BCUT2D eigenvalue weighted by atomic mass is 79.9. The summed E-state index contributed by atoms with van der Waals surface area (Å²) in [5.74, 6) is 0. The zero-order chi connectivity index (χ0) is 9.90. The topological polar surface area (TPSA) is 0 Å². The van der Waals surface area contributed by atoms with Gasteiger partial charge in [-0.15, -0.1) is 17.9 Å². The minimum atomic E-state index is 0.160. The molecule has 0 nitrogen and oxygen atoms in total. The van der Waals surface area contributed by atoms with Gasteiger partial charge < -0.3 is 0 Å². The summed E-state index contributed by atoms with van der Waals surface area (Å²) in [6.45, 7) is 6.08. The average molecular weight is 324 g/mol. The summed E-state index contributed by atoms with van der Waals surface area (Å²) in [4.78, 5) is 1.39. The normalized spacial score (nSPS) is 15.3. The van der Waals surface area contributed by atoms with Crippen LogP contribution in [-0.2, 0) is 6.42 Å². The van der Waals surface area contributed by atoms with Crippen LogP contribution in [0.2, 0.25) is 0 Å². The Morgan fingerprint density at radius 3 is 2.77 bits per heavy atom. The molecule has 0 N–H and O–H groups in total. The zero-order valence-electron chi connectivity index (χ0n) is 7.52. The van der Waals surface area contributed by atoms with Crippen LogP contribution in [0.4, 0.5) is 0 Å². The SMILES string of the molecule is C=CC(C)(CBr)Cc1sccc1Br. The molecule has 0 amide bonds. The summed E-state index contributed by atoms with van der Waals surface area (Å²) >= 11 is 8.85. The van der Waals surface area contributed by atoms with E-state index in [1.54, 1.807) is 11.3 Å². The van der Waals surface area contributed by atoms with Crippen LogP contribution in [0, 0.1) is 5.41 Å². The molecule has 0 saturated heterocycles. The average Bonchev–Trinajstić information content (AvgIpc) is 2.52. The van der Waals surface area contributed by atoms with Crippen LogP contribution in [0.25, 0.3) is 0 Å². The second kappa shape index (κ2) is 4.76. The van der Waals surface area contributed by atoms with E-state index in [1.807, 2.05) is 6.08 Å². The molecule has 0 bridgehead atoms. The Balaban J connectivity index is 2.78. The van der Waals surface area contributed by atoms with Gasteiger partial charge in [-0.2, -0.15) is 0 Å². The molecule has 0 spiro atoms.